The summed E-state index contributed by atoms with van der Waals surface area (Å²) in [6.07, 6.45) is 7.43. The van der Waals surface area contributed by atoms with Crippen LogP contribution in [0.5, 0.6) is 0 Å². The number of nitrogens with two attached hydrogens (primary N) is 1. The largest absolute Gasteiger partial charge is 0.338 e. The number of rotatable bonds is 6. The van der Waals surface area contributed by atoms with Gasteiger partial charge in [-0.05, 0) is 25.2 Å². The molecule has 0 saturated heterocycles. The van der Waals surface area contributed by atoms with Crippen LogP contribution in [-0.4, -0.2) is 22.6 Å². The Morgan fingerprint density at radius 2 is 2.00 bits per heavy atom. The van der Waals surface area contributed by atoms with Gasteiger partial charge < -0.3 is 10.6 Å². The van der Waals surface area contributed by atoms with Crippen LogP contribution in [0.1, 0.15) is 38.7 Å². The maximum Gasteiger partial charge on any atom is 0.225 e. The van der Waals surface area contributed by atoms with E-state index in [2.05, 4.69) is 28.7 Å². The molecule has 0 radical (unpaired) electrons. The van der Waals surface area contributed by atoms with Crippen LogP contribution in [0.2, 0.25) is 0 Å². The van der Waals surface area contributed by atoms with Gasteiger partial charge in [-0.15, -0.1) is 0 Å². The Morgan fingerprint density at radius 3 is 2.47 bits per heavy atom. The van der Waals surface area contributed by atoms with E-state index in [0.29, 0.717) is 12.6 Å². The lowest BCUT2D eigenvalue weighted by atomic mass is 10.1. The molecule has 0 unspecified atom stereocenters. The fourth-order valence-corrected chi connectivity index (χ4v) is 1.83. The highest BCUT2D eigenvalue weighted by atomic mass is 15.3. The monoisotopic (exact) mass is 234 g/mol. The van der Waals surface area contributed by atoms with Crippen LogP contribution in [0.4, 0.5) is 5.95 Å². The summed E-state index contributed by atoms with van der Waals surface area (Å²) in [5.74, 6) is 1.59. The van der Waals surface area contributed by atoms with Gasteiger partial charge in [0.1, 0.15) is 0 Å². The van der Waals surface area contributed by atoms with Gasteiger partial charge in [0.2, 0.25) is 5.95 Å². The predicted octanol–water partition coefficient (Wildman–Crippen LogP) is 1.95. The molecular formula is C13H22N4. The lowest BCUT2D eigenvalue weighted by molar-refractivity contribution is 0.565. The molecule has 1 aromatic rings. The summed E-state index contributed by atoms with van der Waals surface area (Å²) in [6, 6.07) is 0.664. The van der Waals surface area contributed by atoms with E-state index in [1.165, 1.54) is 19.3 Å². The molecule has 2 rings (SSSR count). The SMILES string of the molecule is CC(C)CCN(c1ncc(CN)cn1)C1CC1. The summed E-state index contributed by atoms with van der Waals surface area (Å²) in [5.41, 5.74) is 6.55. The van der Waals surface area contributed by atoms with Gasteiger partial charge in [0, 0.05) is 37.1 Å². The molecular weight excluding hydrogens is 212 g/mol. The van der Waals surface area contributed by atoms with Crippen molar-refractivity contribution in [1.82, 2.24) is 9.97 Å². The highest BCUT2D eigenvalue weighted by Crippen LogP contribution is 2.30. The van der Waals surface area contributed by atoms with Gasteiger partial charge in [-0.3, -0.25) is 0 Å². The van der Waals surface area contributed by atoms with Gasteiger partial charge in [-0.2, -0.15) is 0 Å². The van der Waals surface area contributed by atoms with Gasteiger partial charge in [-0.1, -0.05) is 13.8 Å². The smallest absolute Gasteiger partial charge is 0.225 e. The molecule has 0 aliphatic heterocycles. The molecule has 1 heterocycles. The molecule has 0 bridgehead atoms. The number of anilines is 1. The zero-order valence-corrected chi connectivity index (χ0v) is 10.8. The Kier molecular flexibility index (Phi) is 3.94. The molecule has 94 valence electrons. The van der Waals surface area contributed by atoms with Crippen molar-refractivity contribution in [1.29, 1.82) is 0 Å². The minimum Gasteiger partial charge on any atom is -0.338 e. The first-order valence-corrected chi connectivity index (χ1v) is 6.48. The van der Waals surface area contributed by atoms with E-state index < -0.39 is 0 Å². The molecule has 4 heteroatoms. The van der Waals surface area contributed by atoms with Gasteiger partial charge in [-0.25, -0.2) is 9.97 Å². The van der Waals surface area contributed by atoms with E-state index in [0.717, 1.165) is 24.0 Å². The fourth-order valence-electron chi connectivity index (χ4n) is 1.83. The third-order valence-electron chi connectivity index (χ3n) is 3.12. The first-order chi connectivity index (χ1) is 8.20. The lowest BCUT2D eigenvalue weighted by Gasteiger charge is -2.23. The van der Waals surface area contributed by atoms with Crippen molar-refractivity contribution in [3.05, 3.63) is 18.0 Å². The normalized spacial score (nSPS) is 15.3. The first-order valence-electron chi connectivity index (χ1n) is 6.48. The Bertz CT molecular complexity index is 343. The minimum atomic E-state index is 0.510. The molecule has 2 N–H and O–H groups in total. The molecule has 1 aliphatic carbocycles. The average molecular weight is 234 g/mol. The molecule has 4 nitrogen and oxygen atoms in total. The molecule has 17 heavy (non-hydrogen) atoms. The van der Waals surface area contributed by atoms with Gasteiger partial charge in [0.15, 0.2) is 0 Å². The van der Waals surface area contributed by atoms with Crippen molar-refractivity contribution < 1.29 is 0 Å². The molecule has 0 aromatic carbocycles. The van der Waals surface area contributed by atoms with Crippen LogP contribution in [0, 0.1) is 5.92 Å². The van der Waals surface area contributed by atoms with E-state index in [4.69, 9.17) is 5.73 Å². The molecule has 1 fully saturated rings. The molecule has 0 amide bonds. The maximum absolute atomic E-state index is 5.55. The van der Waals surface area contributed by atoms with Crippen LogP contribution >= 0.6 is 0 Å². The van der Waals surface area contributed by atoms with E-state index in [-0.39, 0.29) is 0 Å². The molecule has 1 aromatic heterocycles. The number of nitrogens with zero attached hydrogens (tertiary/aromatic N) is 3. The Hall–Kier alpha value is -1.16. The van der Waals surface area contributed by atoms with Crippen LogP contribution in [0.3, 0.4) is 0 Å². The summed E-state index contributed by atoms with van der Waals surface area (Å²) in [5, 5.41) is 0. The molecule has 1 saturated carbocycles. The minimum absolute atomic E-state index is 0.510. The van der Waals surface area contributed by atoms with Crippen molar-refractivity contribution in [2.45, 2.75) is 45.7 Å². The third-order valence-corrected chi connectivity index (χ3v) is 3.12. The van der Waals surface area contributed by atoms with E-state index in [9.17, 15) is 0 Å². The first kappa shape index (κ1) is 12.3. The highest BCUT2D eigenvalue weighted by molar-refractivity contribution is 5.34. The second-order valence-electron chi connectivity index (χ2n) is 5.20. The number of hydrogen-bond donors (Lipinski definition) is 1. The second kappa shape index (κ2) is 5.45. The number of aromatic nitrogens is 2. The average Bonchev–Trinajstić information content (AvgIpc) is 3.14. The van der Waals surface area contributed by atoms with Crippen molar-refractivity contribution in [2.24, 2.45) is 11.7 Å². The van der Waals surface area contributed by atoms with Crippen LogP contribution in [0.15, 0.2) is 12.4 Å². The van der Waals surface area contributed by atoms with Crippen LogP contribution in [-0.2, 0) is 6.54 Å². The Morgan fingerprint density at radius 1 is 1.35 bits per heavy atom. The van der Waals surface area contributed by atoms with Crippen LogP contribution in [0.25, 0.3) is 0 Å². The quantitative estimate of drug-likeness (QED) is 0.817. The van der Waals surface area contributed by atoms with Gasteiger partial charge in [0.05, 0.1) is 0 Å². The summed E-state index contributed by atoms with van der Waals surface area (Å²) < 4.78 is 0. The number of hydrogen-bond acceptors (Lipinski definition) is 4. The van der Waals surface area contributed by atoms with Crippen molar-refractivity contribution in [3.63, 3.8) is 0 Å². The lowest BCUT2D eigenvalue weighted by Crippen LogP contribution is -2.29. The van der Waals surface area contributed by atoms with E-state index in [1.54, 1.807) is 0 Å². The van der Waals surface area contributed by atoms with Crippen LogP contribution < -0.4 is 10.6 Å². The molecule has 0 atom stereocenters. The maximum atomic E-state index is 5.55. The summed E-state index contributed by atoms with van der Waals surface area (Å²) in [4.78, 5) is 11.2. The van der Waals surface area contributed by atoms with Gasteiger partial charge in [0.25, 0.3) is 0 Å². The Labute approximate surface area is 103 Å². The summed E-state index contributed by atoms with van der Waals surface area (Å²) in [6.45, 7) is 6.08. The Balaban J connectivity index is 2.03. The van der Waals surface area contributed by atoms with E-state index >= 15 is 0 Å². The van der Waals surface area contributed by atoms with Crippen molar-refractivity contribution in [2.75, 3.05) is 11.4 Å². The van der Waals surface area contributed by atoms with Crippen molar-refractivity contribution in [3.8, 4) is 0 Å². The highest BCUT2D eigenvalue weighted by Gasteiger charge is 2.30. The van der Waals surface area contributed by atoms with Crippen molar-refractivity contribution >= 4 is 5.95 Å². The fraction of sp³-hybridized carbons (Fsp3) is 0.692. The van der Waals surface area contributed by atoms with E-state index in [1.807, 2.05) is 12.4 Å². The zero-order valence-electron chi connectivity index (χ0n) is 10.8. The third kappa shape index (κ3) is 3.40. The molecule has 1 aliphatic rings. The predicted molar refractivity (Wildman–Crippen MR) is 69.7 cm³/mol. The van der Waals surface area contributed by atoms with Gasteiger partial charge >= 0.3 is 0 Å². The molecule has 0 spiro atoms. The zero-order chi connectivity index (χ0) is 12.3. The topological polar surface area (TPSA) is 55.0 Å². The summed E-state index contributed by atoms with van der Waals surface area (Å²) >= 11 is 0. The summed E-state index contributed by atoms with van der Waals surface area (Å²) in [7, 11) is 0. The second-order valence-corrected chi connectivity index (χ2v) is 5.20. The standard InChI is InChI=1S/C13H22N4/c1-10(2)5-6-17(12-3-4-12)13-15-8-11(7-14)9-16-13/h8-10,12H,3-7,14H2,1-2H3.